The molecule has 0 aliphatic heterocycles. The van der Waals surface area contributed by atoms with Crippen molar-refractivity contribution in [1.29, 1.82) is 0 Å². The predicted molar refractivity (Wildman–Crippen MR) is 115 cm³/mol. The standard InChI is InChI=1S/C22H33N5O/c1-16-22(17(2)27(4)25-16)24-21(28)14-23-20-13-9-8-10-18(20)15-26(3)19-11-6-5-7-12-19/h8-10,13,19,23H,5-7,11-12,14-15H2,1-4H3,(H,24,28). The van der Waals surface area contributed by atoms with E-state index in [2.05, 4.69) is 45.9 Å². The van der Waals surface area contributed by atoms with Crippen LogP contribution in [-0.4, -0.2) is 40.2 Å². The maximum Gasteiger partial charge on any atom is 0.243 e. The van der Waals surface area contributed by atoms with Crippen LogP contribution in [-0.2, 0) is 18.4 Å². The molecule has 6 nitrogen and oxygen atoms in total. The number of benzene rings is 1. The quantitative estimate of drug-likeness (QED) is 0.762. The van der Waals surface area contributed by atoms with Gasteiger partial charge in [-0.25, -0.2) is 0 Å². The minimum Gasteiger partial charge on any atom is -0.376 e. The first kappa shape index (κ1) is 20.4. The molecule has 1 aliphatic carbocycles. The number of amides is 1. The zero-order valence-electron chi connectivity index (χ0n) is 17.6. The second-order valence-corrected chi connectivity index (χ2v) is 7.94. The van der Waals surface area contributed by atoms with E-state index < -0.39 is 0 Å². The molecule has 0 radical (unpaired) electrons. The van der Waals surface area contributed by atoms with Crippen molar-refractivity contribution in [2.75, 3.05) is 24.2 Å². The molecule has 6 heteroatoms. The molecule has 0 atom stereocenters. The van der Waals surface area contributed by atoms with E-state index in [-0.39, 0.29) is 12.5 Å². The monoisotopic (exact) mass is 383 g/mol. The molecule has 2 N–H and O–H groups in total. The lowest BCUT2D eigenvalue weighted by atomic mass is 9.94. The summed E-state index contributed by atoms with van der Waals surface area (Å²) in [4.78, 5) is 14.9. The summed E-state index contributed by atoms with van der Waals surface area (Å²) in [6.07, 6.45) is 6.62. The number of para-hydroxylation sites is 1. The Bertz CT molecular complexity index is 807. The Kier molecular flexibility index (Phi) is 6.73. The highest BCUT2D eigenvalue weighted by atomic mass is 16.1. The van der Waals surface area contributed by atoms with Gasteiger partial charge in [-0.1, -0.05) is 37.5 Å². The van der Waals surface area contributed by atoms with Crippen LogP contribution < -0.4 is 10.6 Å². The lowest BCUT2D eigenvalue weighted by molar-refractivity contribution is -0.114. The Morgan fingerprint density at radius 2 is 1.93 bits per heavy atom. The maximum atomic E-state index is 12.5. The lowest BCUT2D eigenvalue weighted by Crippen LogP contribution is -2.33. The van der Waals surface area contributed by atoms with Crippen LogP contribution in [0, 0.1) is 13.8 Å². The zero-order valence-corrected chi connectivity index (χ0v) is 17.6. The molecule has 1 amide bonds. The lowest BCUT2D eigenvalue weighted by Gasteiger charge is -2.31. The molecule has 0 saturated heterocycles. The summed E-state index contributed by atoms with van der Waals surface area (Å²) in [6, 6.07) is 8.95. The van der Waals surface area contributed by atoms with E-state index in [0.717, 1.165) is 29.3 Å². The van der Waals surface area contributed by atoms with Gasteiger partial charge < -0.3 is 10.6 Å². The SMILES string of the molecule is Cc1nn(C)c(C)c1NC(=O)CNc1ccccc1CN(C)C1CCCCC1. The Balaban J connectivity index is 1.59. The van der Waals surface area contributed by atoms with Gasteiger partial charge in [-0.15, -0.1) is 0 Å². The van der Waals surface area contributed by atoms with Crippen molar-refractivity contribution in [3.8, 4) is 0 Å². The van der Waals surface area contributed by atoms with Crippen molar-refractivity contribution in [2.45, 2.75) is 58.5 Å². The molecule has 1 saturated carbocycles. The third-order valence-electron chi connectivity index (χ3n) is 5.85. The number of carbonyl (C=O) groups is 1. The average Bonchev–Trinajstić information content (AvgIpc) is 2.94. The third kappa shape index (κ3) is 4.93. The summed E-state index contributed by atoms with van der Waals surface area (Å²) in [6.45, 7) is 5.00. The summed E-state index contributed by atoms with van der Waals surface area (Å²) in [5.74, 6) is -0.0605. The molecule has 1 aromatic carbocycles. The molecule has 152 valence electrons. The summed E-state index contributed by atoms with van der Waals surface area (Å²) in [5.41, 5.74) is 4.86. The number of nitrogens with zero attached hydrogens (tertiary/aromatic N) is 3. The Hall–Kier alpha value is -2.34. The van der Waals surface area contributed by atoms with Gasteiger partial charge >= 0.3 is 0 Å². The molecule has 1 aromatic heterocycles. The number of nitrogens with one attached hydrogen (secondary N) is 2. The van der Waals surface area contributed by atoms with E-state index in [1.807, 2.05) is 27.0 Å². The number of aryl methyl sites for hydroxylation is 2. The molecule has 1 fully saturated rings. The van der Waals surface area contributed by atoms with Crippen molar-refractivity contribution in [3.05, 3.63) is 41.2 Å². The first-order valence-electron chi connectivity index (χ1n) is 10.3. The minimum absolute atomic E-state index is 0.0605. The highest BCUT2D eigenvalue weighted by Gasteiger charge is 2.19. The Labute approximate surface area is 168 Å². The highest BCUT2D eigenvalue weighted by molar-refractivity contribution is 5.94. The number of anilines is 2. The number of carbonyl (C=O) groups excluding carboxylic acids is 1. The van der Waals surface area contributed by atoms with Gasteiger partial charge in [0.25, 0.3) is 0 Å². The summed E-state index contributed by atoms with van der Waals surface area (Å²) < 4.78 is 1.79. The second-order valence-electron chi connectivity index (χ2n) is 7.94. The van der Waals surface area contributed by atoms with Gasteiger partial charge in [-0.05, 0) is 45.4 Å². The number of aromatic nitrogens is 2. The number of hydrogen-bond acceptors (Lipinski definition) is 4. The van der Waals surface area contributed by atoms with Crippen molar-refractivity contribution in [2.24, 2.45) is 7.05 Å². The van der Waals surface area contributed by atoms with Crippen LogP contribution in [0.2, 0.25) is 0 Å². The molecule has 3 rings (SSSR count). The van der Waals surface area contributed by atoms with Crippen LogP contribution in [0.3, 0.4) is 0 Å². The van der Waals surface area contributed by atoms with Gasteiger partial charge in [0.2, 0.25) is 5.91 Å². The predicted octanol–water partition coefficient (Wildman–Crippen LogP) is 3.85. The summed E-state index contributed by atoms with van der Waals surface area (Å²) >= 11 is 0. The maximum absolute atomic E-state index is 12.5. The minimum atomic E-state index is -0.0605. The molecular formula is C22H33N5O. The molecule has 1 heterocycles. The highest BCUT2D eigenvalue weighted by Crippen LogP contribution is 2.25. The van der Waals surface area contributed by atoms with Crippen molar-refractivity contribution >= 4 is 17.3 Å². The Morgan fingerprint density at radius 3 is 2.61 bits per heavy atom. The van der Waals surface area contributed by atoms with E-state index >= 15 is 0 Å². The van der Waals surface area contributed by atoms with Crippen LogP contribution in [0.1, 0.15) is 49.1 Å². The second kappa shape index (κ2) is 9.24. The van der Waals surface area contributed by atoms with Crippen LogP contribution in [0.15, 0.2) is 24.3 Å². The molecular weight excluding hydrogens is 350 g/mol. The molecule has 28 heavy (non-hydrogen) atoms. The van der Waals surface area contributed by atoms with E-state index in [1.54, 1.807) is 4.68 Å². The van der Waals surface area contributed by atoms with Gasteiger partial charge in [0.05, 0.1) is 23.6 Å². The van der Waals surface area contributed by atoms with E-state index in [1.165, 1.54) is 37.7 Å². The van der Waals surface area contributed by atoms with Gasteiger partial charge in [-0.2, -0.15) is 5.10 Å². The fraction of sp³-hybridized carbons (Fsp3) is 0.545. The summed E-state index contributed by atoms with van der Waals surface area (Å²) in [7, 11) is 4.10. The fourth-order valence-electron chi connectivity index (χ4n) is 4.06. The van der Waals surface area contributed by atoms with Crippen LogP contribution in [0.25, 0.3) is 0 Å². The van der Waals surface area contributed by atoms with Crippen molar-refractivity contribution in [3.63, 3.8) is 0 Å². The van der Waals surface area contributed by atoms with E-state index in [9.17, 15) is 4.79 Å². The molecule has 0 spiro atoms. The number of rotatable bonds is 7. The Morgan fingerprint density at radius 1 is 1.21 bits per heavy atom. The molecule has 0 bridgehead atoms. The molecule has 1 aliphatic rings. The normalized spacial score (nSPS) is 15.0. The van der Waals surface area contributed by atoms with Gasteiger partial charge in [0.15, 0.2) is 0 Å². The van der Waals surface area contributed by atoms with E-state index in [0.29, 0.717) is 6.04 Å². The largest absolute Gasteiger partial charge is 0.376 e. The third-order valence-corrected chi connectivity index (χ3v) is 5.85. The van der Waals surface area contributed by atoms with Crippen LogP contribution in [0.4, 0.5) is 11.4 Å². The summed E-state index contributed by atoms with van der Waals surface area (Å²) in [5, 5.41) is 10.7. The fourth-order valence-corrected chi connectivity index (χ4v) is 4.06. The first-order valence-corrected chi connectivity index (χ1v) is 10.3. The molecule has 2 aromatic rings. The van der Waals surface area contributed by atoms with Crippen molar-refractivity contribution < 1.29 is 4.79 Å². The van der Waals surface area contributed by atoms with Gasteiger partial charge in [-0.3, -0.25) is 14.4 Å². The van der Waals surface area contributed by atoms with E-state index in [4.69, 9.17) is 0 Å². The number of hydrogen-bond donors (Lipinski definition) is 2. The van der Waals surface area contributed by atoms with Crippen molar-refractivity contribution in [1.82, 2.24) is 14.7 Å². The van der Waals surface area contributed by atoms with Crippen LogP contribution in [0.5, 0.6) is 0 Å². The van der Waals surface area contributed by atoms with Gasteiger partial charge in [0.1, 0.15) is 0 Å². The topological polar surface area (TPSA) is 62.2 Å². The first-order chi connectivity index (χ1) is 13.5. The average molecular weight is 384 g/mol. The zero-order chi connectivity index (χ0) is 20.1. The smallest absolute Gasteiger partial charge is 0.243 e. The molecule has 0 unspecified atom stereocenters. The van der Waals surface area contributed by atoms with Crippen LogP contribution >= 0.6 is 0 Å². The van der Waals surface area contributed by atoms with Gasteiger partial charge in [0, 0.05) is 25.3 Å².